The van der Waals surface area contributed by atoms with Crippen molar-refractivity contribution < 1.29 is 13.6 Å². The number of fused-ring (bicyclic) bond motifs is 1. The minimum absolute atomic E-state index is 0.220. The number of halogens is 1. The molecule has 0 aliphatic carbocycles. The molecular weight excluding hydrogens is 361 g/mol. The van der Waals surface area contributed by atoms with E-state index in [1.165, 1.54) is 29.8 Å². The van der Waals surface area contributed by atoms with Gasteiger partial charge in [0.05, 0.1) is 12.5 Å². The lowest BCUT2D eigenvalue weighted by Crippen LogP contribution is -2.28. The van der Waals surface area contributed by atoms with Gasteiger partial charge in [0.2, 0.25) is 0 Å². The molecule has 0 radical (unpaired) electrons. The Morgan fingerprint density at radius 1 is 1.14 bits per heavy atom. The molecule has 4 rings (SSSR count). The number of benzene rings is 1. The maximum absolute atomic E-state index is 13.0. The van der Waals surface area contributed by atoms with Crippen molar-refractivity contribution in [1.29, 1.82) is 0 Å². The van der Waals surface area contributed by atoms with Gasteiger partial charge in [0.15, 0.2) is 0 Å². The third-order valence-corrected chi connectivity index (χ3v) is 4.92. The third-order valence-electron chi connectivity index (χ3n) is 4.92. The fourth-order valence-corrected chi connectivity index (χ4v) is 3.40. The van der Waals surface area contributed by atoms with E-state index in [4.69, 9.17) is 4.42 Å². The number of hydrogen-bond donors (Lipinski definition) is 1. The van der Waals surface area contributed by atoms with Crippen molar-refractivity contribution >= 4 is 5.91 Å². The van der Waals surface area contributed by atoms with Crippen LogP contribution in [0.2, 0.25) is 0 Å². The Kier molecular flexibility index (Phi) is 5.48. The van der Waals surface area contributed by atoms with Crippen LogP contribution in [0.3, 0.4) is 0 Å². The first-order valence-corrected chi connectivity index (χ1v) is 9.37. The zero-order valence-electron chi connectivity index (χ0n) is 15.5. The van der Waals surface area contributed by atoms with Gasteiger partial charge in [0.25, 0.3) is 5.91 Å². The SMILES string of the molecule is O=C(NCCc1nnc2n1CCN(Cc1ccoc1)CC2)c1ccc(F)cc1. The van der Waals surface area contributed by atoms with Crippen LogP contribution in [0.25, 0.3) is 0 Å². The lowest BCUT2D eigenvalue weighted by atomic mass is 10.2. The van der Waals surface area contributed by atoms with Gasteiger partial charge in [-0.3, -0.25) is 9.69 Å². The molecule has 28 heavy (non-hydrogen) atoms. The summed E-state index contributed by atoms with van der Waals surface area (Å²) in [6.45, 7) is 3.96. The Hall–Kier alpha value is -3.00. The highest BCUT2D eigenvalue weighted by Crippen LogP contribution is 2.13. The van der Waals surface area contributed by atoms with E-state index in [0.29, 0.717) is 18.5 Å². The summed E-state index contributed by atoms with van der Waals surface area (Å²) in [4.78, 5) is 14.5. The Bertz CT molecular complexity index is 921. The summed E-state index contributed by atoms with van der Waals surface area (Å²) in [6.07, 6.45) is 4.91. The largest absolute Gasteiger partial charge is 0.472 e. The van der Waals surface area contributed by atoms with Gasteiger partial charge < -0.3 is 14.3 Å². The number of aromatic nitrogens is 3. The normalized spacial score (nSPS) is 14.5. The van der Waals surface area contributed by atoms with E-state index in [9.17, 15) is 9.18 Å². The van der Waals surface area contributed by atoms with E-state index in [2.05, 4.69) is 25.0 Å². The molecule has 1 aliphatic heterocycles. The number of carbonyl (C=O) groups is 1. The molecule has 0 unspecified atom stereocenters. The van der Waals surface area contributed by atoms with Gasteiger partial charge >= 0.3 is 0 Å². The van der Waals surface area contributed by atoms with Crippen LogP contribution in [-0.2, 0) is 25.9 Å². The van der Waals surface area contributed by atoms with E-state index >= 15 is 0 Å². The third kappa shape index (κ3) is 4.28. The maximum atomic E-state index is 13.0. The number of carbonyl (C=O) groups excluding carboxylic acids is 1. The van der Waals surface area contributed by atoms with Gasteiger partial charge in [0.1, 0.15) is 17.5 Å². The van der Waals surface area contributed by atoms with Crippen molar-refractivity contribution in [2.75, 3.05) is 19.6 Å². The quantitative estimate of drug-likeness (QED) is 0.705. The summed E-state index contributed by atoms with van der Waals surface area (Å²) in [7, 11) is 0. The molecule has 3 aromatic rings. The van der Waals surface area contributed by atoms with E-state index in [1.54, 1.807) is 12.5 Å². The van der Waals surface area contributed by atoms with Crippen LogP contribution in [-0.4, -0.2) is 45.2 Å². The number of nitrogens with one attached hydrogen (secondary N) is 1. The summed E-state index contributed by atoms with van der Waals surface area (Å²) in [5.41, 5.74) is 1.61. The number of furan rings is 1. The molecule has 1 N–H and O–H groups in total. The van der Waals surface area contributed by atoms with Crippen LogP contribution in [0, 0.1) is 5.82 Å². The predicted molar refractivity (Wildman–Crippen MR) is 100 cm³/mol. The standard InChI is InChI=1S/C20H22FN5O2/c21-17-3-1-16(2-4-17)20(27)22-8-5-18-23-24-19-6-9-25(10-11-26(18)19)13-15-7-12-28-14-15/h1-4,7,12,14H,5-6,8-11,13H2,(H,22,27). The average Bonchev–Trinajstić information content (AvgIpc) is 3.29. The number of rotatable bonds is 6. The van der Waals surface area contributed by atoms with Crippen LogP contribution < -0.4 is 5.32 Å². The molecule has 7 nitrogen and oxygen atoms in total. The van der Waals surface area contributed by atoms with Crippen LogP contribution in [0.1, 0.15) is 27.6 Å². The number of nitrogens with zero attached hydrogens (tertiary/aromatic N) is 4. The molecule has 1 amide bonds. The molecule has 146 valence electrons. The van der Waals surface area contributed by atoms with E-state index < -0.39 is 0 Å². The van der Waals surface area contributed by atoms with E-state index in [1.807, 2.05) is 6.07 Å². The zero-order valence-corrected chi connectivity index (χ0v) is 15.5. The summed E-state index contributed by atoms with van der Waals surface area (Å²) in [5.74, 6) is 1.28. The second kappa shape index (κ2) is 8.35. The smallest absolute Gasteiger partial charge is 0.251 e. The number of hydrogen-bond acceptors (Lipinski definition) is 5. The second-order valence-electron chi connectivity index (χ2n) is 6.85. The Labute approximate surface area is 162 Å². The van der Waals surface area contributed by atoms with Crippen LogP contribution in [0.5, 0.6) is 0 Å². The van der Waals surface area contributed by atoms with Crippen LogP contribution in [0.15, 0.2) is 47.3 Å². The van der Waals surface area contributed by atoms with E-state index in [0.717, 1.165) is 44.2 Å². The molecule has 0 saturated carbocycles. The van der Waals surface area contributed by atoms with Crippen molar-refractivity contribution in [2.24, 2.45) is 0 Å². The fraction of sp³-hybridized carbons (Fsp3) is 0.350. The summed E-state index contributed by atoms with van der Waals surface area (Å²) in [5, 5.41) is 11.5. The maximum Gasteiger partial charge on any atom is 0.251 e. The minimum atomic E-state index is -0.357. The van der Waals surface area contributed by atoms with Crippen molar-refractivity contribution in [2.45, 2.75) is 25.9 Å². The molecule has 1 aliphatic rings. The van der Waals surface area contributed by atoms with Gasteiger partial charge in [-0.1, -0.05) is 0 Å². The average molecular weight is 383 g/mol. The molecule has 8 heteroatoms. The lowest BCUT2D eigenvalue weighted by molar-refractivity contribution is 0.0954. The van der Waals surface area contributed by atoms with Crippen molar-refractivity contribution in [1.82, 2.24) is 25.0 Å². The van der Waals surface area contributed by atoms with Crippen molar-refractivity contribution in [3.05, 3.63) is 71.5 Å². The fourth-order valence-electron chi connectivity index (χ4n) is 3.40. The molecule has 0 saturated heterocycles. The monoisotopic (exact) mass is 383 g/mol. The molecule has 2 aromatic heterocycles. The first kappa shape index (κ1) is 18.4. The topological polar surface area (TPSA) is 76.2 Å². The predicted octanol–water partition coefficient (Wildman–Crippen LogP) is 2.04. The number of amides is 1. The molecule has 0 atom stereocenters. The summed E-state index contributed by atoms with van der Waals surface area (Å²) < 4.78 is 20.3. The Morgan fingerprint density at radius 2 is 2.00 bits per heavy atom. The Balaban J connectivity index is 1.31. The summed E-state index contributed by atoms with van der Waals surface area (Å²) in [6, 6.07) is 7.50. The Morgan fingerprint density at radius 3 is 2.79 bits per heavy atom. The van der Waals surface area contributed by atoms with Crippen molar-refractivity contribution in [3.63, 3.8) is 0 Å². The van der Waals surface area contributed by atoms with Gasteiger partial charge in [-0.25, -0.2) is 4.39 Å². The molecular formula is C20H22FN5O2. The van der Waals surface area contributed by atoms with Gasteiger partial charge in [-0.15, -0.1) is 10.2 Å². The molecule has 3 heterocycles. The van der Waals surface area contributed by atoms with Gasteiger partial charge in [-0.05, 0) is 30.3 Å². The first-order chi connectivity index (χ1) is 13.7. The van der Waals surface area contributed by atoms with Gasteiger partial charge in [0, 0.05) is 56.7 Å². The molecule has 0 fully saturated rings. The second-order valence-corrected chi connectivity index (χ2v) is 6.85. The van der Waals surface area contributed by atoms with Crippen molar-refractivity contribution in [3.8, 4) is 0 Å². The highest BCUT2D eigenvalue weighted by molar-refractivity contribution is 5.94. The highest BCUT2D eigenvalue weighted by Gasteiger charge is 2.19. The molecule has 0 spiro atoms. The highest BCUT2D eigenvalue weighted by atomic mass is 19.1. The lowest BCUT2D eigenvalue weighted by Gasteiger charge is -2.18. The molecule has 0 bridgehead atoms. The first-order valence-electron chi connectivity index (χ1n) is 9.37. The van der Waals surface area contributed by atoms with E-state index in [-0.39, 0.29) is 11.7 Å². The molecule has 1 aromatic carbocycles. The van der Waals surface area contributed by atoms with Gasteiger partial charge in [-0.2, -0.15) is 0 Å². The van der Waals surface area contributed by atoms with Crippen LogP contribution >= 0.6 is 0 Å². The van der Waals surface area contributed by atoms with Crippen LogP contribution in [0.4, 0.5) is 4.39 Å². The minimum Gasteiger partial charge on any atom is -0.472 e. The summed E-state index contributed by atoms with van der Waals surface area (Å²) >= 11 is 0. The zero-order chi connectivity index (χ0) is 19.3.